The molecule has 1 aromatic heterocycles. The van der Waals surface area contributed by atoms with Gasteiger partial charge in [0, 0.05) is 22.3 Å². The van der Waals surface area contributed by atoms with Crippen LogP contribution in [0, 0.1) is 0 Å². The van der Waals surface area contributed by atoms with Gasteiger partial charge in [0.2, 0.25) is 0 Å². The van der Waals surface area contributed by atoms with Crippen molar-refractivity contribution in [1.82, 2.24) is 9.55 Å². The zero-order valence-corrected chi connectivity index (χ0v) is 10.4. The Morgan fingerprint density at radius 3 is 2.53 bits per heavy atom. The summed E-state index contributed by atoms with van der Waals surface area (Å²) >= 11 is 3.52. The summed E-state index contributed by atoms with van der Waals surface area (Å²) in [5, 5.41) is 2.14. The summed E-state index contributed by atoms with van der Waals surface area (Å²) in [4.78, 5) is 14.3. The molecule has 0 atom stereocenters. The number of hydrogen-bond donors (Lipinski definition) is 1. The Morgan fingerprint density at radius 2 is 1.82 bits per heavy atom. The van der Waals surface area contributed by atoms with E-state index in [1.807, 2.05) is 36.4 Å². The number of halogens is 1. The van der Waals surface area contributed by atoms with Crippen LogP contribution in [-0.4, -0.2) is 9.55 Å². The monoisotopic (exact) mass is 288 g/mol. The predicted molar refractivity (Wildman–Crippen MR) is 71.6 cm³/mol. The third-order valence-electron chi connectivity index (χ3n) is 2.76. The Labute approximate surface area is 106 Å². The van der Waals surface area contributed by atoms with Crippen molar-refractivity contribution < 1.29 is 0 Å². The minimum Gasteiger partial charge on any atom is -0.312 e. The molecule has 0 aliphatic carbocycles. The summed E-state index contributed by atoms with van der Waals surface area (Å²) in [5.74, 6) is 0. The topological polar surface area (TPSA) is 37.8 Å². The van der Waals surface area contributed by atoms with E-state index in [1.54, 1.807) is 17.0 Å². The van der Waals surface area contributed by atoms with Gasteiger partial charge in [-0.3, -0.25) is 4.57 Å². The number of benzene rings is 2. The van der Waals surface area contributed by atoms with Gasteiger partial charge in [-0.1, -0.05) is 40.2 Å². The van der Waals surface area contributed by atoms with Crippen molar-refractivity contribution >= 4 is 26.7 Å². The molecule has 3 aromatic rings. The van der Waals surface area contributed by atoms with E-state index in [9.17, 15) is 4.79 Å². The molecule has 0 amide bonds. The number of imidazole rings is 1. The fourth-order valence-electron chi connectivity index (χ4n) is 1.97. The SMILES string of the molecule is O=c1[nH]ccn1-c1ccc(Br)c2ccccc12. The second-order valence-corrected chi connectivity index (χ2v) is 4.60. The molecule has 17 heavy (non-hydrogen) atoms. The fourth-order valence-corrected chi connectivity index (χ4v) is 2.44. The lowest BCUT2D eigenvalue weighted by atomic mass is 10.1. The van der Waals surface area contributed by atoms with Crippen molar-refractivity contribution in [3.8, 4) is 5.69 Å². The van der Waals surface area contributed by atoms with E-state index in [1.165, 1.54) is 0 Å². The van der Waals surface area contributed by atoms with Crippen LogP contribution in [0.3, 0.4) is 0 Å². The predicted octanol–water partition coefficient (Wildman–Crippen LogP) is 3.08. The number of H-pyrrole nitrogens is 1. The lowest BCUT2D eigenvalue weighted by molar-refractivity contribution is 0.996. The maximum absolute atomic E-state index is 11.6. The molecule has 0 aliphatic rings. The summed E-state index contributed by atoms with van der Waals surface area (Å²) in [6.45, 7) is 0. The first kappa shape index (κ1) is 10.4. The Kier molecular flexibility index (Phi) is 2.37. The fraction of sp³-hybridized carbons (Fsp3) is 0. The molecule has 0 radical (unpaired) electrons. The molecule has 0 aliphatic heterocycles. The smallest absolute Gasteiger partial charge is 0.312 e. The maximum atomic E-state index is 11.6. The van der Waals surface area contributed by atoms with Gasteiger partial charge in [0.25, 0.3) is 0 Å². The standard InChI is InChI=1S/C13H9BrN2O/c14-11-5-6-12(16-8-7-15-13(16)17)10-4-2-1-3-9(10)11/h1-8H,(H,15,17). The second kappa shape index (κ2) is 3.89. The van der Waals surface area contributed by atoms with Crippen LogP contribution in [0.5, 0.6) is 0 Å². The largest absolute Gasteiger partial charge is 0.330 e. The highest BCUT2D eigenvalue weighted by Gasteiger charge is 2.06. The first-order chi connectivity index (χ1) is 8.27. The highest BCUT2D eigenvalue weighted by atomic mass is 79.9. The molecule has 84 valence electrons. The molecule has 3 rings (SSSR count). The van der Waals surface area contributed by atoms with Crippen molar-refractivity contribution in [3.63, 3.8) is 0 Å². The zero-order chi connectivity index (χ0) is 11.8. The van der Waals surface area contributed by atoms with Crippen LogP contribution in [-0.2, 0) is 0 Å². The molecule has 0 saturated heterocycles. The summed E-state index contributed by atoms with van der Waals surface area (Å²) < 4.78 is 2.63. The molecule has 0 saturated carbocycles. The third kappa shape index (κ3) is 1.61. The molecule has 0 fully saturated rings. The molecule has 0 spiro atoms. The van der Waals surface area contributed by atoms with Gasteiger partial charge < -0.3 is 4.98 Å². The van der Waals surface area contributed by atoms with Crippen molar-refractivity contribution in [2.75, 3.05) is 0 Å². The Morgan fingerprint density at radius 1 is 1.06 bits per heavy atom. The van der Waals surface area contributed by atoms with Gasteiger partial charge in [-0.2, -0.15) is 0 Å². The van der Waals surface area contributed by atoms with Gasteiger partial charge in [-0.25, -0.2) is 4.79 Å². The van der Waals surface area contributed by atoms with Crippen LogP contribution in [0.15, 0.2) is 58.1 Å². The zero-order valence-electron chi connectivity index (χ0n) is 8.85. The van der Waals surface area contributed by atoms with Crippen LogP contribution in [0.25, 0.3) is 16.5 Å². The summed E-state index contributed by atoms with van der Waals surface area (Å²) in [7, 11) is 0. The molecule has 1 N–H and O–H groups in total. The molecular formula is C13H9BrN2O. The van der Waals surface area contributed by atoms with E-state index in [0.717, 1.165) is 20.9 Å². The molecule has 3 nitrogen and oxygen atoms in total. The van der Waals surface area contributed by atoms with Crippen LogP contribution in [0.4, 0.5) is 0 Å². The van der Waals surface area contributed by atoms with Crippen LogP contribution in [0.2, 0.25) is 0 Å². The Balaban J connectivity index is 2.43. The van der Waals surface area contributed by atoms with E-state index >= 15 is 0 Å². The van der Waals surface area contributed by atoms with E-state index in [-0.39, 0.29) is 5.69 Å². The number of nitrogens with one attached hydrogen (secondary N) is 1. The van der Waals surface area contributed by atoms with E-state index in [2.05, 4.69) is 20.9 Å². The molecule has 0 unspecified atom stereocenters. The van der Waals surface area contributed by atoms with Crippen LogP contribution in [0.1, 0.15) is 0 Å². The van der Waals surface area contributed by atoms with Crippen molar-refractivity contribution in [2.45, 2.75) is 0 Å². The minimum absolute atomic E-state index is 0.127. The van der Waals surface area contributed by atoms with E-state index in [0.29, 0.717) is 0 Å². The van der Waals surface area contributed by atoms with Crippen LogP contribution < -0.4 is 5.69 Å². The second-order valence-electron chi connectivity index (χ2n) is 3.75. The van der Waals surface area contributed by atoms with Gasteiger partial charge in [-0.15, -0.1) is 0 Å². The normalized spacial score (nSPS) is 10.9. The number of nitrogens with zero attached hydrogens (tertiary/aromatic N) is 1. The number of fused-ring (bicyclic) bond motifs is 1. The van der Waals surface area contributed by atoms with Gasteiger partial charge in [-0.05, 0) is 17.5 Å². The van der Waals surface area contributed by atoms with E-state index < -0.39 is 0 Å². The molecule has 4 heteroatoms. The molecule has 2 aromatic carbocycles. The van der Waals surface area contributed by atoms with Gasteiger partial charge in [0.05, 0.1) is 5.69 Å². The van der Waals surface area contributed by atoms with Crippen molar-refractivity contribution in [2.24, 2.45) is 0 Å². The maximum Gasteiger partial charge on any atom is 0.330 e. The van der Waals surface area contributed by atoms with Gasteiger partial charge >= 0.3 is 5.69 Å². The molecule has 1 heterocycles. The summed E-state index contributed by atoms with van der Waals surface area (Å²) in [6.07, 6.45) is 3.37. The Hall–Kier alpha value is -1.81. The quantitative estimate of drug-likeness (QED) is 0.734. The van der Waals surface area contributed by atoms with Gasteiger partial charge in [0.1, 0.15) is 0 Å². The first-order valence-electron chi connectivity index (χ1n) is 5.21. The number of aromatic nitrogens is 2. The van der Waals surface area contributed by atoms with Crippen molar-refractivity contribution in [3.05, 3.63) is 63.7 Å². The minimum atomic E-state index is -0.127. The lowest BCUT2D eigenvalue weighted by Crippen LogP contribution is -2.14. The number of aromatic amines is 1. The van der Waals surface area contributed by atoms with E-state index in [4.69, 9.17) is 0 Å². The summed E-state index contributed by atoms with van der Waals surface area (Å²) in [5.41, 5.74) is 0.757. The molecular weight excluding hydrogens is 280 g/mol. The highest BCUT2D eigenvalue weighted by Crippen LogP contribution is 2.28. The summed E-state index contributed by atoms with van der Waals surface area (Å²) in [6, 6.07) is 11.9. The highest BCUT2D eigenvalue weighted by molar-refractivity contribution is 9.10. The molecule has 0 bridgehead atoms. The van der Waals surface area contributed by atoms with Crippen LogP contribution >= 0.6 is 15.9 Å². The number of rotatable bonds is 1. The number of hydrogen-bond acceptors (Lipinski definition) is 1. The third-order valence-corrected chi connectivity index (χ3v) is 3.45. The van der Waals surface area contributed by atoms with Crippen molar-refractivity contribution in [1.29, 1.82) is 0 Å². The van der Waals surface area contributed by atoms with Gasteiger partial charge in [0.15, 0.2) is 0 Å². The first-order valence-corrected chi connectivity index (χ1v) is 6.00. The average Bonchev–Trinajstić information content (AvgIpc) is 2.77. The average molecular weight is 289 g/mol. The Bertz CT molecular complexity index is 742. The lowest BCUT2D eigenvalue weighted by Gasteiger charge is -2.07.